The summed E-state index contributed by atoms with van der Waals surface area (Å²) in [6.45, 7) is 10.2. The fourth-order valence-electron chi connectivity index (χ4n) is 1.93. The zero-order chi connectivity index (χ0) is 19.8. The van der Waals surface area contributed by atoms with Crippen molar-refractivity contribution in [2.45, 2.75) is 13.8 Å². The van der Waals surface area contributed by atoms with Crippen molar-refractivity contribution in [3.8, 4) is 22.6 Å². The van der Waals surface area contributed by atoms with E-state index in [9.17, 15) is 9.59 Å². The van der Waals surface area contributed by atoms with E-state index in [1.165, 1.54) is 6.26 Å². The van der Waals surface area contributed by atoms with Crippen molar-refractivity contribution >= 4 is 11.9 Å². The molecule has 0 atom stereocenters. The van der Waals surface area contributed by atoms with Crippen LogP contribution in [0.15, 0.2) is 85.4 Å². The molecule has 0 amide bonds. The van der Waals surface area contributed by atoms with Gasteiger partial charge in [-0.15, -0.1) is 0 Å². The second-order valence-electron chi connectivity index (χ2n) is 5.79. The third-order valence-corrected chi connectivity index (χ3v) is 3.38. The highest BCUT2D eigenvalue weighted by Gasteiger charge is 2.06. The van der Waals surface area contributed by atoms with Crippen LogP contribution in [0.4, 0.5) is 0 Å². The van der Waals surface area contributed by atoms with Crippen LogP contribution in [0.5, 0.6) is 11.5 Å². The predicted octanol–water partition coefficient (Wildman–Crippen LogP) is 4.80. The molecular formula is C22H20O5. The number of carbonyl (C=O) groups excluding carboxylic acids is 2. The number of hydrogen-bond acceptors (Lipinski definition) is 5. The molecule has 0 aliphatic rings. The highest BCUT2D eigenvalue weighted by Crippen LogP contribution is 2.25. The van der Waals surface area contributed by atoms with E-state index in [1.807, 2.05) is 24.3 Å². The van der Waals surface area contributed by atoms with Gasteiger partial charge in [-0.1, -0.05) is 37.4 Å². The molecule has 2 rings (SSSR count). The zero-order valence-corrected chi connectivity index (χ0v) is 15.2. The van der Waals surface area contributed by atoms with Gasteiger partial charge >= 0.3 is 11.9 Å². The maximum absolute atomic E-state index is 11.5. The van der Waals surface area contributed by atoms with Gasteiger partial charge in [-0.05, 0) is 49.2 Å². The maximum Gasteiger partial charge on any atom is 0.338 e. The lowest BCUT2D eigenvalue weighted by Crippen LogP contribution is -2.07. The Hall–Kier alpha value is -3.60. The molecule has 0 aliphatic heterocycles. The summed E-state index contributed by atoms with van der Waals surface area (Å²) in [5.41, 5.74) is 2.59. The SMILES string of the molecule is C=C(C)C(=O)OC=COc1ccc(-c2ccc(OC(=O)C(=C)C)cc2)cc1. The molecule has 0 bridgehead atoms. The Morgan fingerprint density at radius 2 is 1.22 bits per heavy atom. The van der Waals surface area contributed by atoms with Crippen LogP contribution in [0.1, 0.15) is 13.8 Å². The van der Waals surface area contributed by atoms with Gasteiger partial charge in [-0.25, -0.2) is 9.59 Å². The van der Waals surface area contributed by atoms with E-state index in [2.05, 4.69) is 13.2 Å². The molecule has 0 radical (unpaired) electrons. The Morgan fingerprint density at radius 1 is 0.741 bits per heavy atom. The number of esters is 2. The lowest BCUT2D eigenvalue weighted by Gasteiger charge is -2.06. The van der Waals surface area contributed by atoms with Gasteiger partial charge in [0, 0.05) is 11.1 Å². The van der Waals surface area contributed by atoms with E-state index in [4.69, 9.17) is 14.2 Å². The molecule has 0 saturated carbocycles. The average Bonchev–Trinajstić information content (AvgIpc) is 2.66. The highest BCUT2D eigenvalue weighted by molar-refractivity contribution is 5.89. The first kappa shape index (κ1) is 19.7. The molecule has 2 aromatic rings. The molecule has 0 aliphatic carbocycles. The van der Waals surface area contributed by atoms with E-state index < -0.39 is 11.9 Å². The molecule has 0 N–H and O–H groups in total. The van der Waals surface area contributed by atoms with Crippen LogP contribution in [0.2, 0.25) is 0 Å². The quantitative estimate of drug-likeness (QED) is 0.305. The second-order valence-corrected chi connectivity index (χ2v) is 5.79. The molecule has 138 valence electrons. The Morgan fingerprint density at radius 3 is 1.70 bits per heavy atom. The van der Waals surface area contributed by atoms with E-state index in [1.54, 1.807) is 38.1 Å². The van der Waals surface area contributed by atoms with Crippen molar-refractivity contribution in [3.05, 3.63) is 85.4 Å². The van der Waals surface area contributed by atoms with Crippen molar-refractivity contribution in [1.82, 2.24) is 0 Å². The van der Waals surface area contributed by atoms with E-state index in [0.717, 1.165) is 17.4 Å². The smallest absolute Gasteiger partial charge is 0.338 e. The second kappa shape index (κ2) is 9.20. The van der Waals surface area contributed by atoms with Gasteiger partial charge < -0.3 is 14.2 Å². The minimum atomic E-state index is -0.512. The number of benzene rings is 2. The third kappa shape index (κ3) is 6.01. The molecule has 27 heavy (non-hydrogen) atoms. The summed E-state index contributed by atoms with van der Waals surface area (Å²) in [7, 11) is 0. The summed E-state index contributed by atoms with van der Waals surface area (Å²) in [5, 5.41) is 0. The molecule has 0 saturated heterocycles. The first-order chi connectivity index (χ1) is 12.9. The Kier molecular flexibility index (Phi) is 6.72. The summed E-state index contributed by atoms with van der Waals surface area (Å²) in [6, 6.07) is 14.5. The van der Waals surface area contributed by atoms with Crippen molar-refractivity contribution < 1.29 is 23.8 Å². The van der Waals surface area contributed by atoms with Crippen molar-refractivity contribution in [3.63, 3.8) is 0 Å². The van der Waals surface area contributed by atoms with Crippen LogP contribution >= 0.6 is 0 Å². The van der Waals surface area contributed by atoms with Crippen LogP contribution in [0.3, 0.4) is 0 Å². The van der Waals surface area contributed by atoms with Crippen LogP contribution in [0, 0.1) is 0 Å². The van der Waals surface area contributed by atoms with Crippen molar-refractivity contribution in [2.24, 2.45) is 0 Å². The topological polar surface area (TPSA) is 61.8 Å². The molecule has 0 aromatic heterocycles. The van der Waals surface area contributed by atoms with Gasteiger partial charge in [0.2, 0.25) is 0 Å². The fourth-order valence-corrected chi connectivity index (χ4v) is 1.93. The molecule has 2 aromatic carbocycles. The molecule has 5 heteroatoms. The highest BCUT2D eigenvalue weighted by atomic mass is 16.5. The number of ether oxygens (including phenoxy) is 3. The summed E-state index contributed by atoms with van der Waals surface area (Å²) in [5.74, 6) is 0.0864. The van der Waals surface area contributed by atoms with Gasteiger partial charge in [0.25, 0.3) is 0 Å². The minimum absolute atomic E-state index is 0.310. The lowest BCUT2D eigenvalue weighted by molar-refractivity contribution is -0.133. The predicted molar refractivity (Wildman–Crippen MR) is 103 cm³/mol. The summed E-state index contributed by atoms with van der Waals surface area (Å²) < 4.78 is 15.3. The lowest BCUT2D eigenvalue weighted by atomic mass is 10.1. The first-order valence-electron chi connectivity index (χ1n) is 8.13. The van der Waals surface area contributed by atoms with Gasteiger partial charge in [0.15, 0.2) is 0 Å². The molecular weight excluding hydrogens is 344 g/mol. The average molecular weight is 364 g/mol. The number of hydrogen-bond donors (Lipinski definition) is 0. The molecule has 0 spiro atoms. The summed E-state index contributed by atoms with van der Waals surface area (Å²) in [6.07, 6.45) is 2.44. The first-order valence-corrected chi connectivity index (χ1v) is 8.13. The van der Waals surface area contributed by atoms with Gasteiger partial charge in [0.1, 0.15) is 24.0 Å². The number of carbonyl (C=O) groups is 2. The van der Waals surface area contributed by atoms with Crippen LogP contribution in [0.25, 0.3) is 11.1 Å². The van der Waals surface area contributed by atoms with Crippen LogP contribution in [-0.4, -0.2) is 11.9 Å². The Balaban J connectivity index is 1.95. The van der Waals surface area contributed by atoms with Gasteiger partial charge in [-0.2, -0.15) is 0 Å². The standard InChI is InChI=1S/C22H20O5/c1-15(2)21(23)26-14-13-25-19-9-5-17(6-10-19)18-7-11-20(12-8-18)27-22(24)16(3)4/h5-14H,1,3H2,2,4H3. The fraction of sp³-hybridized carbons (Fsp3) is 0.0909. The molecule has 0 fully saturated rings. The zero-order valence-electron chi connectivity index (χ0n) is 15.2. The minimum Gasteiger partial charge on any atom is -0.462 e. The summed E-state index contributed by atoms with van der Waals surface area (Å²) >= 11 is 0. The van der Waals surface area contributed by atoms with Gasteiger partial charge in [0.05, 0.1) is 0 Å². The van der Waals surface area contributed by atoms with E-state index in [-0.39, 0.29) is 0 Å². The largest absolute Gasteiger partial charge is 0.462 e. The van der Waals surface area contributed by atoms with Crippen LogP contribution < -0.4 is 9.47 Å². The molecule has 0 unspecified atom stereocenters. The summed E-state index contributed by atoms with van der Waals surface area (Å²) in [4.78, 5) is 22.7. The van der Waals surface area contributed by atoms with E-state index >= 15 is 0 Å². The third-order valence-electron chi connectivity index (χ3n) is 3.38. The number of rotatable bonds is 7. The molecule has 5 nitrogen and oxygen atoms in total. The Bertz CT molecular complexity index is 874. The monoisotopic (exact) mass is 364 g/mol. The van der Waals surface area contributed by atoms with Gasteiger partial charge in [-0.3, -0.25) is 0 Å². The van der Waals surface area contributed by atoms with Crippen LogP contribution in [-0.2, 0) is 14.3 Å². The maximum atomic E-state index is 11.5. The van der Waals surface area contributed by atoms with E-state index in [0.29, 0.717) is 22.6 Å². The van der Waals surface area contributed by atoms with Crippen molar-refractivity contribution in [1.29, 1.82) is 0 Å². The normalized spacial score (nSPS) is 10.3. The molecule has 0 heterocycles. The Labute approximate surface area is 158 Å². The van der Waals surface area contributed by atoms with Crippen molar-refractivity contribution in [2.75, 3.05) is 0 Å².